The number of aromatic nitrogens is 2. The van der Waals surface area contributed by atoms with Crippen LogP contribution in [0.2, 0.25) is 0 Å². The largest absolute Gasteiger partial charge is 0.496 e. The maximum absolute atomic E-state index is 13.4. The predicted molar refractivity (Wildman–Crippen MR) is 179 cm³/mol. The summed E-state index contributed by atoms with van der Waals surface area (Å²) >= 11 is 0. The normalized spacial score (nSPS) is 18.2. The summed E-state index contributed by atoms with van der Waals surface area (Å²) in [6.45, 7) is 1.89. The first-order valence-corrected chi connectivity index (χ1v) is 16.0. The zero-order valence-corrected chi connectivity index (χ0v) is 27.4. The summed E-state index contributed by atoms with van der Waals surface area (Å²) in [4.78, 5) is 58.5. The van der Waals surface area contributed by atoms with Gasteiger partial charge in [-0.25, -0.2) is 4.98 Å². The molecule has 2 aromatic heterocycles. The van der Waals surface area contributed by atoms with Crippen LogP contribution in [-0.4, -0.2) is 72.6 Å². The highest BCUT2D eigenvalue weighted by Crippen LogP contribution is 2.45. The third kappa shape index (κ3) is 5.30. The fourth-order valence-corrected chi connectivity index (χ4v) is 7.35. The van der Waals surface area contributed by atoms with Crippen LogP contribution in [0.15, 0.2) is 53.6 Å². The van der Waals surface area contributed by atoms with Crippen molar-refractivity contribution in [2.24, 2.45) is 7.05 Å². The molecule has 2 aromatic carbocycles. The molecule has 2 saturated heterocycles. The minimum atomic E-state index is -0.634. The van der Waals surface area contributed by atoms with Crippen LogP contribution < -0.4 is 30.0 Å². The maximum atomic E-state index is 13.4. The first-order chi connectivity index (χ1) is 23.2. The lowest BCUT2D eigenvalue weighted by Gasteiger charge is -2.35. The first kappa shape index (κ1) is 31.2. The van der Waals surface area contributed by atoms with Crippen molar-refractivity contribution >= 4 is 34.2 Å². The number of carbonyl (C=O) groups excluding carboxylic acids is 3. The van der Waals surface area contributed by atoms with Gasteiger partial charge in [0.15, 0.2) is 0 Å². The number of pyridine rings is 2. The zero-order valence-electron chi connectivity index (χ0n) is 27.4. The van der Waals surface area contributed by atoms with E-state index in [1.807, 2.05) is 36.5 Å². The Labute approximate surface area is 277 Å². The molecule has 1 atom stereocenters. The molecule has 3 aliphatic rings. The second kappa shape index (κ2) is 12.3. The van der Waals surface area contributed by atoms with Crippen LogP contribution in [0.1, 0.15) is 53.1 Å². The van der Waals surface area contributed by atoms with Gasteiger partial charge in [0, 0.05) is 79.3 Å². The van der Waals surface area contributed by atoms with E-state index in [-0.39, 0.29) is 29.7 Å². The van der Waals surface area contributed by atoms with Gasteiger partial charge in [-0.1, -0.05) is 6.07 Å². The lowest BCUT2D eigenvalue weighted by atomic mass is 9.86. The molecule has 3 aliphatic heterocycles. The number of fused-ring (bicyclic) bond motifs is 2. The molecule has 12 nitrogen and oxygen atoms in total. The van der Waals surface area contributed by atoms with Gasteiger partial charge in [-0.2, -0.15) is 0 Å². The van der Waals surface area contributed by atoms with Gasteiger partial charge in [-0.05, 0) is 60.6 Å². The number of anilines is 1. The van der Waals surface area contributed by atoms with Crippen molar-refractivity contribution in [1.29, 1.82) is 0 Å². The summed E-state index contributed by atoms with van der Waals surface area (Å²) in [5, 5.41) is 3.57. The molecule has 7 rings (SSSR count). The number of imide groups is 1. The number of nitrogens with one attached hydrogen (secondary N) is 1. The number of ether oxygens (including phenoxy) is 3. The summed E-state index contributed by atoms with van der Waals surface area (Å²) < 4.78 is 18.9. The van der Waals surface area contributed by atoms with Crippen molar-refractivity contribution in [2.45, 2.75) is 44.2 Å². The van der Waals surface area contributed by atoms with Gasteiger partial charge in [0.1, 0.15) is 17.5 Å². The number of hydrogen-bond donors (Lipinski definition) is 1. The van der Waals surface area contributed by atoms with Gasteiger partial charge in [0.25, 0.3) is 11.5 Å². The number of benzene rings is 2. The molecule has 12 heteroatoms. The third-order valence-corrected chi connectivity index (χ3v) is 9.89. The fraction of sp³-hybridized carbons (Fsp3) is 0.361. The minimum Gasteiger partial charge on any atom is -0.496 e. The predicted octanol–water partition coefficient (Wildman–Crippen LogP) is 3.77. The Morgan fingerprint density at radius 2 is 1.58 bits per heavy atom. The number of carbonyl (C=O) groups is 3. The van der Waals surface area contributed by atoms with E-state index in [1.54, 1.807) is 50.1 Å². The van der Waals surface area contributed by atoms with Crippen molar-refractivity contribution in [2.75, 3.05) is 39.3 Å². The van der Waals surface area contributed by atoms with E-state index in [9.17, 15) is 19.2 Å². The molecule has 4 aromatic rings. The number of aryl methyl sites for hydroxylation is 1. The highest BCUT2D eigenvalue weighted by atomic mass is 16.5. The summed E-state index contributed by atoms with van der Waals surface area (Å²) in [6, 6.07) is 11.1. The van der Waals surface area contributed by atoms with E-state index in [1.165, 1.54) is 0 Å². The zero-order chi connectivity index (χ0) is 33.7. The number of amides is 3. The molecular weight excluding hydrogens is 614 g/mol. The average Bonchev–Trinajstić information content (AvgIpc) is 3.43. The van der Waals surface area contributed by atoms with Crippen LogP contribution in [0, 0.1) is 0 Å². The Hall–Kier alpha value is -5.39. The van der Waals surface area contributed by atoms with E-state index in [4.69, 9.17) is 14.2 Å². The number of hydrogen-bond acceptors (Lipinski definition) is 9. The van der Waals surface area contributed by atoms with E-state index in [0.29, 0.717) is 41.3 Å². The van der Waals surface area contributed by atoms with E-state index in [2.05, 4.69) is 15.2 Å². The summed E-state index contributed by atoms with van der Waals surface area (Å²) in [5.41, 5.74) is 4.98. The standard InChI is InChI=1S/C36H37N5O7/c1-39-19-27(25-16-32(48-4)37-17-26(25)35(39)44)22-13-29(46-2)33(30(14-22)47-3)20-9-11-40(12-10-20)23-6-5-21-18-41(36(45)24(21)15-23)28-7-8-31(42)38-34(28)43/h5-6,13-17,19-20,28H,7-12,18H2,1-4H3,(H,38,42,43). The molecule has 1 unspecified atom stereocenters. The van der Waals surface area contributed by atoms with E-state index < -0.39 is 11.9 Å². The quantitative estimate of drug-likeness (QED) is 0.297. The molecule has 0 spiro atoms. The number of piperidine rings is 2. The molecule has 1 N–H and O–H groups in total. The molecule has 48 heavy (non-hydrogen) atoms. The number of rotatable bonds is 7. The Morgan fingerprint density at radius 1 is 0.854 bits per heavy atom. The molecule has 0 aliphatic carbocycles. The SMILES string of the molecule is COc1cc2c(-c3cc(OC)c(C4CCN(c5ccc6c(c5)C(=O)N(C5CCC(=O)NC5=O)C6)CC4)c(OC)c3)cn(C)c(=O)c2cn1. The van der Waals surface area contributed by atoms with Crippen LogP contribution in [0.5, 0.6) is 17.4 Å². The molecule has 0 radical (unpaired) electrons. The Balaban J connectivity index is 1.13. The molecule has 2 fully saturated rings. The second-order valence-electron chi connectivity index (χ2n) is 12.5. The van der Waals surface area contributed by atoms with Gasteiger partial charge in [0.05, 0.1) is 26.7 Å². The Morgan fingerprint density at radius 3 is 2.25 bits per heavy atom. The molecular formula is C36H37N5O7. The average molecular weight is 652 g/mol. The minimum absolute atomic E-state index is 0.148. The first-order valence-electron chi connectivity index (χ1n) is 16.0. The number of methoxy groups -OCH3 is 3. The van der Waals surface area contributed by atoms with Crippen molar-refractivity contribution in [3.8, 4) is 28.5 Å². The van der Waals surface area contributed by atoms with Crippen molar-refractivity contribution < 1.29 is 28.6 Å². The van der Waals surface area contributed by atoms with Crippen molar-refractivity contribution in [3.05, 3.63) is 75.8 Å². The third-order valence-electron chi connectivity index (χ3n) is 9.89. The summed E-state index contributed by atoms with van der Waals surface area (Å²) in [6.07, 6.45) is 5.60. The number of nitrogens with zero attached hydrogens (tertiary/aromatic N) is 4. The highest BCUT2D eigenvalue weighted by molar-refractivity contribution is 6.05. The summed E-state index contributed by atoms with van der Waals surface area (Å²) in [7, 11) is 6.57. The van der Waals surface area contributed by atoms with Crippen LogP contribution in [0.25, 0.3) is 21.9 Å². The van der Waals surface area contributed by atoms with Crippen LogP contribution >= 0.6 is 0 Å². The molecule has 3 amide bonds. The molecule has 5 heterocycles. The lowest BCUT2D eigenvalue weighted by Crippen LogP contribution is -2.52. The van der Waals surface area contributed by atoms with Gasteiger partial charge in [0.2, 0.25) is 17.7 Å². The monoisotopic (exact) mass is 651 g/mol. The van der Waals surface area contributed by atoms with Crippen LogP contribution in [0.3, 0.4) is 0 Å². The molecule has 0 saturated carbocycles. The molecule has 0 bridgehead atoms. The molecule has 248 valence electrons. The van der Waals surface area contributed by atoms with Crippen molar-refractivity contribution in [1.82, 2.24) is 19.8 Å². The van der Waals surface area contributed by atoms with Crippen LogP contribution in [-0.2, 0) is 23.2 Å². The van der Waals surface area contributed by atoms with Crippen molar-refractivity contribution in [3.63, 3.8) is 0 Å². The van der Waals surface area contributed by atoms with Crippen LogP contribution in [0.4, 0.5) is 5.69 Å². The van der Waals surface area contributed by atoms with Gasteiger partial charge < -0.3 is 28.6 Å². The van der Waals surface area contributed by atoms with Gasteiger partial charge >= 0.3 is 0 Å². The van der Waals surface area contributed by atoms with E-state index >= 15 is 0 Å². The lowest BCUT2D eigenvalue weighted by molar-refractivity contribution is -0.136. The smallest absolute Gasteiger partial charge is 0.259 e. The highest BCUT2D eigenvalue weighted by Gasteiger charge is 2.39. The fourth-order valence-electron chi connectivity index (χ4n) is 7.35. The maximum Gasteiger partial charge on any atom is 0.259 e. The topological polar surface area (TPSA) is 132 Å². The van der Waals surface area contributed by atoms with E-state index in [0.717, 1.165) is 59.3 Å². The van der Waals surface area contributed by atoms with Gasteiger partial charge in [-0.15, -0.1) is 0 Å². The van der Waals surface area contributed by atoms with Gasteiger partial charge in [-0.3, -0.25) is 24.5 Å². The Kier molecular flexibility index (Phi) is 8.02. The summed E-state index contributed by atoms with van der Waals surface area (Å²) in [5.74, 6) is 1.12. The Bertz CT molecular complexity index is 2010. The second-order valence-corrected chi connectivity index (χ2v) is 12.5.